The Labute approximate surface area is 112 Å². The van der Waals surface area contributed by atoms with Crippen molar-refractivity contribution in [1.82, 2.24) is 10.2 Å². The molecule has 106 valence electrons. The van der Waals surface area contributed by atoms with E-state index in [9.17, 15) is 0 Å². The van der Waals surface area contributed by atoms with Crippen molar-refractivity contribution in [2.75, 3.05) is 32.8 Å². The van der Waals surface area contributed by atoms with Gasteiger partial charge in [-0.3, -0.25) is 4.90 Å². The minimum absolute atomic E-state index is 0.583. The van der Waals surface area contributed by atoms with Crippen molar-refractivity contribution in [3.8, 4) is 0 Å². The molecule has 0 amide bonds. The van der Waals surface area contributed by atoms with Crippen molar-refractivity contribution in [3.05, 3.63) is 0 Å². The number of piperidine rings is 1. The topological polar surface area (TPSA) is 24.5 Å². The fourth-order valence-corrected chi connectivity index (χ4v) is 3.53. The van der Waals surface area contributed by atoms with Crippen LogP contribution in [0, 0.1) is 5.92 Å². The molecule has 0 aliphatic carbocycles. The van der Waals surface area contributed by atoms with Crippen molar-refractivity contribution in [1.29, 1.82) is 0 Å². The summed E-state index contributed by atoms with van der Waals surface area (Å²) in [6.45, 7) is 9.96. The Morgan fingerprint density at radius 2 is 2.11 bits per heavy atom. The first-order valence-electron chi connectivity index (χ1n) is 7.90. The molecule has 0 spiro atoms. The third-order valence-corrected chi connectivity index (χ3v) is 4.50. The maximum atomic E-state index is 5.67. The lowest BCUT2D eigenvalue weighted by molar-refractivity contribution is 0.106. The van der Waals surface area contributed by atoms with Gasteiger partial charge in [0.25, 0.3) is 0 Å². The maximum Gasteiger partial charge on any atom is 0.0623 e. The molecule has 0 aromatic rings. The van der Waals surface area contributed by atoms with Gasteiger partial charge in [-0.25, -0.2) is 0 Å². The van der Waals surface area contributed by atoms with Crippen LogP contribution in [0.25, 0.3) is 0 Å². The van der Waals surface area contributed by atoms with Gasteiger partial charge in [0.1, 0.15) is 0 Å². The number of hydrogen-bond acceptors (Lipinski definition) is 3. The van der Waals surface area contributed by atoms with E-state index in [4.69, 9.17) is 4.74 Å². The van der Waals surface area contributed by atoms with Crippen LogP contribution in [0.3, 0.4) is 0 Å². The molecule has 0 aromatic heterocycles. The summed E-state index contributed by atoms with van der Waals surface area (Å²) in [5.41, 5.74) is 0. The molecular weight excluding hydrogens is 224 g/mol. The van der Waals surface area contributed by atoms with E-state index in [1.165, 1.54) is 45.2 Å². The van der Waals surface area contributed by atoms with Crippen LogP contribution < -0.4 is 5.32 Å². The van der Waals surface area contributed by atoms with E-state index in [1.807, 2.05) is 0 Å². The van der Waals surface area contributed by atoms with E-state index in [1.54, 1.807) is 0 Å². The van der Waals surface area contributed by atoms with Crippen LogP contribution in [0.15, 0.2) is 0 Å². The van der Waals surface area contributed by atoms with Gasteiger partial charge < -0.3 is 10.1 Å². The molecule has 0 aromatic carbocycles. The summed E-state index contributed by atoms with van der Waals surface area (Å²) in [6, 6.07) is 1.42. The summed E-state index contributed by atoms with van der Waals surface area (Å²) in [7, 11) is 0. The second-order valence-electron chi connectivity index (χ2n) is 5.89. The van der Waals surface area contributed by atoms with Gasteiger partial charge in [-0.15, -0.1) is 0 Å². The van der Waals surface area contributed by atoms with Crippen molar-refractivity contribution in [2.45, 2.75) is 58.0 Å². The first-order valence-corrected chi connectivity index (χ1v) is 7.90. The Balaban J connectivity index is 1.85. The Bertz CT molecular complexity index is 233. The second kappa shape index (κ2) is 7.46. The highest BCUT2D eigenvalue weighted by Crippen LogP contribution is 2.24. The van der Waals surface area contributed by atoms with Gasteiger partial charge in [0, 0.05) is 24.5 Å². The van der Waals surface area contributed by atoms with Crippen LogP contribution in [0.2, 0.25) is 0 Å². The minimum atomic E-state index is 0.583. The summed E-state index contributed by atoms with van der Waals surface area (Å²) in [5, 5.41) is 3.58. The van der Waals surface area contributed by atoms with Crippen LogP contribution in [0.4, 0.5) is 0 Å². The Morgan fingerprint density at radius 3 is 2.89 bits per heavy atom. The van der Waals surface area contributed by atoms with Crippen LogP contribution in [-0.2, 0) is 4.74 Å². The molecule has 2 heterocycles. The van der Waals surface area contributed by atoms with Crippen molar-refractivity contribution >= 4 is 0 Å². The molecule has 0 bridgehead atoms. The predicted octanol–water partition coefficient (Wildman–Crippen LogP) is 2.27. The lowest BCUT2D eigenvalue weighted by Crippen LogP contribution is -2.47. The van der Waals surface area contributed by atoms with E-state index >= 15 is 0 Å². The van der Waals surface area contributed by atoms with E-state index in [-0.39, 0.29) is 0 Å². The SMILES string of the molecule is CCCC1CCCCN1CC1COCC1NCC. The van der Waals surface area contributed by atoms with E-state index < -0.39 is 0 Å². The lowest BCUT2D eigenvalue weighted by atomic mass is 9.95. The average Bonchev–Trinajstić information content (AvgIpc) is 2.80. The Morgan fingerprint density at radius 1 is 1.22 bits per heavy atom. The zero-order valence-electron chi connectivity index (χ0n) is 12.2. The Kier molecular flexibility index (Phi) is 5.93. The molecule has 18 heavy (non-hydrogen) atoms. The zero-order chi connectivity index (χ0) is 12.8. The number of nitrogens with one attached hydrogen (secondary N) is 1. The largest absolute Gasteiger partial charge is 0.379 e. The number of hydrogen-bond donors (Lipinski definition) is 1. The maximum absolute atomic E-state index is 5.67. The predicted molar refractivity (Wildman–Crippen MR) is 75.9 cm³/mol. The summed E-state index contributed by atoms with van der Waals surface area (Å²) >= 11 is 0. The molecule has 1 N–H and O–H groups in total. The van der Waals surface area contributed by atoms with Gasteiger partial charge in [-0.2, -0.15) is 0 Å². The molecule has 2 saturated heterocycles. The third kappa shape index (κ3) is 3.69. The number of rotatable bonds is 6. The summed E-state index contributed by atoms with van der Waals surface area (Å²) in [4.78, 5) is 2.75. The van der Waals surface area contributed by atoms with Crippen molar-refractivity contribution in [3.63, 3.8) is 0 Å². The zero-order valence-corrected chi connectivity index (χ0v) is 12.2. The molecule has 3 atom stereocenters. The van der Waals surface area contributed by atoms with Crippen LogP contribution in [0.1, 0.15) is 46.0 Å². The standard InChI is InChI=1S/C15H30N2O/c1-3-7-14-8-5-6-9-17(14)10-13-11-18-12-15(13)16-4-2/h13-16H,3-12H2,1-2H3. The smallest absolute Gasteiger partial charge is 0.0623 e. The van der Waals surface area contributed by atoms with Crippen molar-refractivity contribution in [2.24, 2.45) is 5.92 Å². The molecule has 2 fully saturated rings. The highest BCUT2D eigenvalue weighted by molar-refractivity contribution is 4.86. The van der Waals surface area contributed by atoms with Gasteiger partial charge in [0.05, 0.1) is 13.2 Å². The van der Waals surface area contributed by atoms with Gasteiger partial charge in [-0.1, -0.05) is 26.7 Å². The van der Waals surface area contributed by atoms with Gasteiger partial charge in [0.15, 0.2) is 0 Å². The second-order valence-corrected chi connectivity index (χ2v) is 5.89. The summed E-state index contributed by atoms with van der Waals surface area (Å²) < 4.78 is 5.67. The van der Waals surface area contributed by atoms with Crippen molar-refractivity contribution < 1.29 is 4.74 Å². The summed E-state index contributed by atoms with van der Waals surface area (Å²) in [5.74, 6) is 0.697. The number of nitrogens with zero attached hydrogens (tertiary/aromatic N) is 1. The molecule has 0 radical (unpaired) electrons. The van der Waals surface area contributed by atoms with E-state index in [0.717, 1.165) is 25.8 Å². The molecule has 3 unspecified atom stereocenters. The number of likely N-dealkylation sites (N-methyl/N-ethyl adjacent to an activating group) is 1. The van der Waals surface area contributed by atoms with Gasteiger partial charge in [0.2, 0.25) is 0 Å². The average molecular weight is 254 g/mol. The third-order valence-electron chi connectivity index (χ3n) is 4.50. The molecule has 2 aliphatic heterocycles. The molecule has 2 rings (SSSR count). The fraction of sp³-hybridized carbons (Fsp3) is 1.00. The summed E-state index contributed by atoms with van der Waals surface area (Å²) in [6.07, 6.45) is 6.92. The van der Waals surface area contributed by atoms with E-state index in [0.29, 0.717) is 12.0 Å². The highest BCUT2D eigenvalue weighted by atomic mass is 16.5. The fourth-order valence-electron chi connectivity index (χ4n) is 3.53. The molecule has 3 nitrogen and oxygen atoms in total. The quantitative estimate of drug-likeness (QED) is 0.787. The minimum Gasteiger partial charge on any atom is -0.379 e. The number of likely N-dealkylation sites (tertiary alicyclic amines) is 1. The molecule has 0 saturated carbocycles. The van der Waals surface area contributed by atoms with Crippen LogP contribution in [0.5, 0.6) is 0 Å². The van der Waals surface area contributed by atoms with Gasteiger partial charge >= 0.3 is 0 Å². The first kappa shape index (κ1) is 14.3. The number of ether oxygens (including phenoxy) is 1. The Hall–Kier alpha value is -0.120. The van der Waals surface area contributed by atoms with E-state index in [2.05, 4.69) is 24.1 Å². The molecule has 3 heteroatoms. The molecular formula is C15H30N2O. The normalized spacial score (nSPS) is 34.0. The van der Waals surface area contributed by atoms with Crippen LogP contribution in [-0.4, -0.2) is 49.8 Å². The highest BCUT2D eigenvalue weighted by Gasteiger charge is 2.31. The monoisotopic (exact) mass is 254 g/mol. The van der Waals surface area contributed by atoms with Crippen LogP contribution >= 0.6 is 0 Å². The molecule has 2 aliphatic rings. The van der Waals surface area contributed by atoms with Gasteiger partial charge in [-0.05, 0) is 32.4 Å². The first-order chi connectivity index (χ1) is 8.85. The lowest BCUT2D eigenvalue weighted by Gasteiger charge is -2.38.